The molecule has 2 aromatic heterocycles. The van der Waals surface area contributed by atoms with Crippen LogP contribution in [0.1, 0.15) is 23.5 Å². The van der Waals surface area contributed by atoms with Crippen molar-refractivity contribution in [2.75, 3.05) is 11.9 Å². The largest absolute Gasteiger partial charge is 0.376 e. The summed E-state index contributed by atoms with van der Waals surface area (Å²) in [4.78, 5) is 15.5. The van der Waals surface area contributed by atoms with Crippen molar-refractivity contribution in [2.24, 2.45) is 0 Å². The average molecular weight is 262 g/mol. The third-order valence-electron chi connectivity index (χ3n) is 2.94. The summed E-state index contributed by atoms with van der Waals surface area (Å²) in [6.45, 7) is 1.53. The van der Waals surface area contributed by atoms with E-state index in [0.717, 1.165) is 19.4 Å². The number of aromatic amines is 1. The van der Waals surface area contributed by atoms with Crippen molar-refractivity contribution >= 4 is 11.6 Å². The van der Waals surface area contributed by atoms with Gasteiger partial charge in [0, 0.05) is 12.8 Å². The minimum atomic E-state index is -0.339. The summed E-state index contributed by atoms with van der Waals surface area (Å²) < 4.78 is 7.30. The average Bonchev–Trinajstić information content (AvgIpc) is 3.10. The van der Waals surface area contributed by atoms with Crippen LogP contribution in [-0.2, 0) is 11.3 Å². The normalized spacial score (nSPS) is 18.6. The molecule has 1 unspecified atom stereocenters. The van der Waals surface area contributed by atoms with Gasteiger partial charge in [-0.3, -0.25) is 14.6 Å². The lowest BCUT2D eigenvalue weighted by Crippen LogP contribution is -2.15. The molecule has 3 heterocycles. The molecule has 0 bridgehead atoms. The molecular weight excluding hydrogens is 248 g/mol. The van der Waals surface area contributed by atoms with Crippen LogP contribution < -0.4 is 5.32 Å². The summed E-state index contributed by atoms with van der Waals surface area (Å²) in [6.07, 6.45) is 7.04. The third-order valence-corrected chi connectivity index (χ3v) is 2.94. The number of carbonyl (C=O) groups is 1. The number of nitrogens with one attached hydrogen (secondary N) is 2. The summed E-state index contributed by atoms with van der Waals surface area (Å²) in [6, 6.07) is 0. The molecule has 8 heteroatoms. The lowest BCUT2D eigenvalue weighted by atomic mass is 10.2. The molecule has 100 valence electrons. The van der Waals surface area contributed by atoms with Gasteiger partial charge in [-0.2, -0.15) is 10.2 Å². The van der Waals surface area contributed by atoms with Crippen molar-refractivity contribution in [3.8, 4) is 0 Å². The molecular formula is C11H14N6O2. The second-order valence-corrected chi connectivity index (χ2v) is 4.37. The molecule has 1 aliphatic rings. The molecule has 19 heavy (non-hydrogen) atoms. The van der Waals surface area contributed by atoms with Gasteiger partial charge in [-0.1, -0.05) is 0 Å². The maximum absolute atomic E-state index is 11.7. The molecule has 0 saturated carbocycles. The van der Waals surface area contributed by atoms with Gasteiger partial charge in [0.25, 0.3) is 5.91 Å². The van der Waals surface area contributed by atoms with Gasteiger partial charge in [-0.05, 0) is 12.8 Å². The number of aromatic nitrogens is 5. The Hall–Kier alpha value is -2.22. The number of rotatable bonds is 4. The molecule has 0 aliphatic carbocycles. The Morgan fingerprint density at radius 3 is 3.32 bits per heavy atom. The van der Waals surface area contributed by atoms with Crippen LogP contribution in [0.15, 0.2) is 18.7 Å². The lowest BCUT2D eigenvalue weighted by molar-refractivity contribution is 0.0940. The van der Waals surface area contributed by atoms with E-state index < -0.39 is 0 Å². The fourth-order valence-electron chi connectivity index (χ4n) is 2.03. The van der Waals surface area contributed by atoms with Gasteiger partial charge >= 0.3 is 0 Å². The molecule has 0 radical (unpaired) electrons. The molecule has 2 aromatic rings. The Bertz CT molecular complexity index is 543. The summed E-state index contributed by atoms with van der Waals surface area (Å²) in [5.74, 6) is -0.166. The van der Waals surface area contributed by atoms with Crippen molar-refractivity contribution in [3.05, 3.63) is 24.5 Å². The van der Waals surface area contributed by atoms with Crippen LogP contribution in [0.2, 0.25) is 0 Å². The topological polar surface area (TPSA) is 97.7 Å². The zero-order valence-electron chi connectivity index (χ0n) is 10.2. The van der Waals surface area contributed by atoms with Gasteiger partial charge in [-0.15, -0.1) is 0 Å². The van der Waals surface area contributed by atoms with Gasteiger partial charge in [0.2, 0.25) is 5.82 Å². The first-order valence-electron chi connectivity index (χ1n) is 6.12. The Kier molecular flexibility index (Phi) is 3.23. The molecule has 1 aliphatic heterocycles. The summed E-state index contributed by atoms with van der Waals surface area (Å²) in [5.41, 5.74) is 0.624. The number of ether oxygens (including phenoxy) is 1. The number of amides is 1. The predicted octanol–water partition coefficient (Wildman–Crippen LogP) is 0.432. The molecule has 0 spiro atoms. The van der Waals surface area contributed by atoms with Gasteiger partial charge < -0.3 is 10.1 Å². The minimum absolute atomic E-state index is 0.173. The fraction of sp³-hybridized carbons (Fsp3) is 0.455. The fourth-order valence-corrected chi connectivity index (χ4v) is 2.03. The molecule has 1 atom stereocenters. The molecule has 1 amide bonds. The first kappa shape index (κ1) is 11.8. The summed E-state index contributed by atoms with van der Waals surface area (Å²) in [5, 5.41) is 13.0. The smallest absolute Gasteiger partial charge is 0.293 e. The Labute approximate surface area is 109 Å². The van der Waals surface area contributed by atoms with Gasteiger partial charge in [0.1, 0.15) is 6.33 Å². The first-order valence-corrected chi connectivity index (χ1v) is 6.12. The zero-order valence-corrected chi connectivity index (χ0v) is 10.2. The van der Waals surface area contributed by atoms with E-state index in [1.54, 1.807) is 17.1 Å². The van der Waals surface area contributed by atoms with Gasteiger partial charge in [-0.25, -0.2) is 4.98 Å². The van der Waals surface area contributed by atoms with Crippen molar-refractivity contribution in [2.45, 2.75) is 25.5 Å². The van der Waals surface area contributed by atoms with E-state index in [9.17, 15) is 4.79 Å². The molecule has 8 nitrogen and oxygen atoms in total. The minimum Gasteiger partial charge on any atom is -0.376 e. The van der Waals surface area contributed by atoms with Crippen molar-refractivity contribution < 1.29 is 9.53 Å². The highest BCUT2D eigenvalue weighted by Crippen LogP contribution is 2.15. The number of anilines is 1. The lowest BCUT2D eigenvalue weighted by Gasteiger charge is -2.08. The predicted molar refractivity (Wildman–Crippen MR) is 65.5 cm³/mol. The number of hydrogen-bond donors (Lipinski definition) is 2. The molecule has 1 fully saturated rings. The maximum atomic E-state index is 11.7. The maximum Gasteiger partial charge on any atom is 0.293 e. The molecule has 0 aromatic carbocycles. The van der Waals surface area contributed by atoms with E-state index >= 15 is 0 Å². The quantitative estimate of drug-likeness (QED) is 0.832. The molecule has 2 N–H and O–H groups in total. The van der Waals surface area contributed by atoms with E-state index in [2.05, 4.69) is 25.6 Å². The highest BCUT2D eigenvalue weighted by atomic mass is 16.5. The van der Waals surface area contributed by atoms with Crippen LogP contribution in [0.25, 0.3) is 0 Å². The SMILES string of the molecule is O=C(Nc1cnn(CC2CCCO2)c1)c1ncn[nH]1. The molecule has 3 rings (SSSR count). The van der Waals surface area contributed by atoms with Gasteiger partial charge in [0.05, 0.1) is 24.5 Å². The highest BCUT2D eigenvalue weighted by molar-refractivity contribution is 6.01. The number of hydrogen-bond acceptors (Lipinski definition) is 5. The Morgan fingerprint density at radius 1 is 1.63 bits per heavy atom. The Morgan fingerprint density at radius 2 is 2.58 bits per heavy atom. The van der Waals surface area contributed by atoms with E-state index in [-0.39, 0.29) is 17.8 Å². The zero-order chi connectivity index (χ0) is 13.1. The number of carbonyl (C=O) groups excluding carboxylic acids is 1. The van der Waals surface area contributed by atoms with E-state index in [1.165, 1.54) is 6.33 Å². The van der Waals surface area contributed by atoms with E-state index in [0.29, 0.717) is 12.2 Å². The molecule has 1 saturated heterocycles. The van der Waals surface area contributed by atoms with Gasteiger partial charge in [0.15, 0.2) is 0 Å². The van der Waals surface area contributed by atoms with Crippen molar-refractivity contribution in [1.29, 1.82) is 0 Å². The summed E-state index contributed by atoms with van der Waals surface area (Å²) in [7, 11) is 0. The number of nitrogens with zero attached hydrogens (tertiary/aromatic N) is 4. The monoisotopic (exact) mass is 262 g/mol. The van der Waals surface area contributed by atoms with Crippen LogP contribution in [-0.4, -0.2) is 43.6 Å². The van der Waals surface area contributed by atoms with E-state index in [4.69, 9.17) is 4.74 Å². The van der Waals surface area contributed by atoms with Crippen LogP contribution in [0, 0.1) is 0 Å². The second-order valence-electron chi connectivity index (χ2n) is 4.37. The van der Waals surface area contributed by atoms with Crippen LogP contribution in [0.4, 0.5) is 5.69 Å². The summed E-state index contributed by atoms with van der Waals surface area (Å²) >= 11 is 0. The number of H-pyrrole nitrogens is 1. The second kappa shape index (κ2) is 5.19. The van der Waals surface area contributed by atoms with Crippen molar-refractivity contribution in [1.82, 2.24) is 25.0 Å². The third kappa shape index (κ3) is 2.79. The first-order chi connectivity index (χ1) is 9.31. The van der Waals surface area contributed by atoms with E-state index in [1.807, 2.05) is 0 Å². The standard InChI is InChI=1S/C11H14N6O2/c18-11(10-12-7-13-16-10)15-8-4-14-17(5-8)6-9-2-1-3-19-9/h4-5,7,9H,1-3,6H2,(H,15,18)(H,12,13,16). The van der Waals surface area contributed by atoms with Crippen LogP contribution in [0.5, 0.6) is 0 Å². The Balaban J connectivity index is 1.60. The van der Waals surface area contributed by atoms with Crippen LogP contribution in [0.3, 0.4) is 0 Å². The van der Waals surface area contributed by atoms with Crippen LogP contribution >= 0.6 is 0 Å². The highest BCUT2D eigenvalue weighted by Gasteiger charge is 2.17. The van der Waals surface area contributed by atoms with Crippen molar-refractivity contribution in [3.63, 3.8) is 0 Å².